The van der Waals surface area contributed by atoms with E-state index in [9.17, 15) is 9.18 Å². The third-order valence-electron chi connectivity index (χ3n) is 5.95. The summed E-state index contributed by atoms with van der Waals surface area (Å²) in [6.45, 7) is 0.822. The summed E-state index contributed by atoms with van der Waals surface area (Å²) >= 11 is 0. The Morgan fingerprint density at radius 2 is 1.97 bits per heavy atom. The highest BCUT2D eigenvalue weighted by Crippen LogP contribution is 2.42. The van der Waals surface area contributed by atoms with E-state index >= 15 is 0 Å². The zero-order chi connectivity index (χ0) is 22.4. The van der Waals surface area contributed by atoms with E-state index in [4.69, 9.17) is 0 Å². The number of halogens is 1. The lowest BCUT2D eigenvalue weighted by Crippen LogP contribution is -2.29. The largest absolute Gasteiger partial charge is 0.305 e. The van der Waals surface area contributed by atoms with Crippen molar-refractivity contribution in [3.63, 3.8) is 0 Å². The highest BCUT2D eigenvalue weighted by atomic mass is 19.1. The fourth-order valence-corrected chi connectivity index (χ4v) is 4.53. The number of carbonyl (C=O) groups is 1. The monoisotopic (exact) mass is 430 g/mol. The summed E-state index contributed by atoms with van der Waals surface area (Å²) in [4.78, 5) is 28.5. The third kappa shape index (κ3) is 3.46. The lowest BCUT2D eigenvalue weighted by atomic mass is 9.78. The van der Waals surface area contributed by atoms with Gasteiger partial charge in [0.05, 0.1) is 17.3 Å². The molecule has 162 valence electrons. The molecule has 0 fully saturated rings. The molecule has 0 saturated heterocycles. The molecule has 2 aliphatic rings. The number of hydrogen-bond donors (Lipinski definition) is 0. The van der Waals surface area contributed by atoms with Crippen LogP contribution in [0.4, 0.5) is 10.1 Å². The number of hydrogen-bond acceptors (Lipinski definition) is 6. The van der Waals surface area contributed by atoms with Gasteiger partial charge in [-0.25, -0.2) is 9.37 Å². The number of aryl methyl sites for hydroxylation is 1. The van der Waals surface area contributed by atoms with Gasteiger partial charge in [-0.15, -0.1) is 0 Å². The Kier molecular flexibility index (Phi) is 5.01. The second-order valence-corrected chi connectivity index (χ2v) is 8.47. The predicted octanol–water partition coefficient (Wildman–Crippen LogP) is 3.28. The van der Waals surface area contributed by atoms with Crippen LogP contribution in [0.2, 0.25) is 0 Å². The van der Waals surface area contributed by atoms with Crippen molar-refractivity contribution in [1.82, 2.24) is 19.7 Å². The number of Topliss-reactive ketones (excluding diaryl/α,β-unsaturated/α-hetero) is 1. The van der Waals surface area contributed by atoms with Crippen LogP contribution in [0.25, 0.3) is 0 Å². The van der Waals surface area contributed by atoms with Crippen LogP contribution in [0.3, 0.4) is 0 Å². The van der Waals surface area contributed by atoms with E-state index < -0.39 is 5.82 Å². The lowest BCUT2D eigenvalue weighted by Gasteiger charge is -2.27. The summed E-state index contributed by atoms with van der Waals surface area (Å²) in [6, 6.07) is 11.0. The highest BCUT2D eigenvalue weighted by Gasteiger charge is 2.39. The second-order valence-electron chi connectivity index (χ2n) is 8.47. The van der Waals surface area contributed by atoms with Crippen LogP contribution >= 0.6 is 0 Å². The summed E-state index contributed by atoms with van der Waals surface area (Å²) in [6.07, 6.45) is 3.33. The molecule has 0 bridgehead atoms. The molecule has 3 aromatic rings. The van der Waals surface area contributed by atoms with Gasteiger partial charge in [-0.3, -0.25) is 19.5 Å². The second kappa shape index (κ2) is 7.87. The van der Waals surface area contributed by atoms with Gasteiger partial charge in [-0.1, -0.05) is 24.3 Å². The van der Waals surface area contributed by atoms with Gasteiger partial charge in [-0.2, -0.15) is 5.10 Å². The Bertz CT molecular complexity index is 1260. The minimum atomic E-state index is -0.479. The lowest BCUT2D eigenvalue weighted by molar-refractivity contribution is 0.0999. The predicted molar refractivity (Wildman–Crippen MR) is 121 cm³/mol. The zero-order valence-corrected chi connectivity index (χ0v) is 18.2. The van der Waals surface area contributed by atoms with Crippen molar-refractivity contribution in [3.05, 3.63) is 76.6 Å². The summed E-state index contributed by atoms with van der Waals surface area (Å²) in [5.74, 6) is -0.490. The van der Waals surface area contributed by atoms with E-state index in [2.05, 4.69) is 49.2 Å². The molecular formula is C24H23FN6O. The molecule has 0 N–H and O–H groups in total. The van der Waals surface area contributed by atoms with Gasteiger partial charge in [0.15, 0.2) is 5.78 Å². The maximum Gasteiger partial charge on any atom is 0.185 e. The summed E-state index contributed by atoms with van der Waals surface area (Å²) in [7, 11) is 5.90. The number of aliphatic imine (C=N–C) groups is 2. The van der Waals surface area contributed by atoms with Crippen LogP contribution in [0.5, 0.6) is 0 Å². The molecule has 5 rings (SSSR count). The molecule has 2 aromatic carbocycles. The SMILES string of the molecule is CN(C)Cc1ccc(C2C=Nc3cc(F)cc4c3C(=NCC4=O)C2c2ncnn2C)cc1. The molecule has 2 atom stereocenters. The highest BCUT2D eigenvalue weighted by molar-refractivity contribution is 6.21. The molecule has 0 amide bonds. The number of aromatic nitrogens is 3. The summed E-state index contributed by atoms with van der Waals surface area (Å²) in [5, 5.41) is 4.27. The fraction of sp³-hybridized carbons (Fsp3) is 0.292. The molecule has 8 heteroatoms. The quantitative estimate of drug-likeness (QED) is 0.637. The maximum atomic E-state index is 14.3. The zero-order valence-electron chi connectivity index (χ0n) is 18.2. The maximum absolute atomic E-state index is 14.3. The van der Waals surface area contributed by atoms with E-state index in [0.29, 0.717) is 22.5 Å². The Balaban J connectivity index is 1.69. The molecule has 1 aromatic heterocycles. The normalized spacial score (nSPS) is 19.7. The van der Waals surface area contributed by atoms with Crippen molar-refractivity contribution >= 4 is 23.4 Å². The first-order chi connectivity index (χ1) is 15.4. The number of benzene rings is 2. The number of ketones is 1. The van der Waals surface area contributed by atoms with Crippen molar-refractivity contribution in [2.45, 2.75) is 18.4 Å². The third-order valence-corrected chi connectivity index (χ3v) is 5.95. The summed E-state index contributed by atoms with van der Waals surface area (Å²) < 4.78 is 16.0. The van der Waals surface area contributed by atoms with Gasteiger partial charge in [0, 0.05) is 42.9 Å². The molecule has 0 spiro atoms. The Labute approximate surface area is 185 Å². The van der Waals surface area contributed by atoms with E-state index in [1.807, 2.05) is 27.4 Å². The molecule has 0 saturated carbocycles. The van der Waals surface area contributed by atoms with E-state index in [1.165, 1.54) is 24.0 Å². The van der Waals surface area contributed by atoms with Crippen LogP contribution in [-0.4, -0.2) is 58.0 Å². The number of carbonyl (C=O) groups excluding carboxylic acids is 1. The molecule has 7 nitrogen and oxygen atoms in total. The minimum absolute atomic E-state index is 0.0198. The van der Waals surface area contributed by atoms with Crippen molar-refractivity contribution in [3.8, 4) is 0 Å². The van der Waals surface area contributed by atoms with E-state index in [-0.39, 0.29) is 24.2 Å². The average molecular weight is 430 g/mol. The Morgan fingerprint density at radius 1 is 1.19 bits per heavy atom. The van der Waals surface area contributed by atoms with Gasteiger partial charge in [-0.05, 0) is 31.3 Å². The Hall–Kier alpha value is -3.52. The molecule has 32 heavy (non-hydrogen) atoms. The molecule has 0 radical (unpaired) electrons. The van der Waals surface area contributed by atoms with Gasteiger partial charge < -0.3 is 4.90 Å². The Morgan fingerprint density at radius 3 is 2.66 bits per heavy atom. The molecule has 2 aliphatic heterocycles. The van der Waals surface area contributed by atoms with Crippen LogP contribution in [0.15, 0.2) is 52.7 Å². The standard InChI is InChI=1S/C24H23FN6O/c1-30(2)12-14-4-6-15(7-5-14)18-10-26-19-9-16(25)8-17-20(32)11-27-23(21(17)19)22(18)24-28-13-29-31(24)3/h4-10,13,18,22H,11-12H2,1-3H3. The molecule has 2 unspecified atom stereocenters. The fourth-order valence-electron chi connectivity index (χ4n) is 4.53. The smallest absolute Gasteiger partial charge is 0.185 e. The first kappa shape index (κ1) is 20.4. The minimum Gasteiger partial charge on any atom is -0.305 e. The van der Waals surface area contributed by atoms with Crippen LogP contribution in [0, 0.1) is 5.82 Å². The van der Waals surface area contributed by atoms with Gasteiger partial charge in [0.1, 0.15) is 24.5 Å². The molecular weight excluding hydrogens is 407 g/mol. The average Bonchev–Trinajstić information content (AvgIpc) is 3.10. The van der Waals surface area contributed by atoms with Crippen molar-refractivity contribution in [2.24, 2.45) is 17.0 Å². The van der Waals surface area contributed by atoms with E-state index in [1.54, 1.807) is 4.68 Å². The first-order valence-corrected chi connectivity index (χ1v) is 10.5. The van der Waals surface area contributed by atoms with Crippen molar-refractivity contribution < 1.29 is 9.18 Å². The van der Waals surface area contributed by atoms with Crippen molar-refractivity contribution in [2.75, 3.05) is 20.6 Å². The van der Waals surface area contributed by atoms with Crippen molar-refractivity contribution in [1.29, 1.82) is 0 Å². The van der Waals surface area contributed by atoms with E-state index in [0.717, 1.165) is 17.9 Å². The number of rotatable bonds is 4. The topological polar surface area (TPSA) is 75.7 Å². The van der Waals surface area contributed by atoms with Crippen LogP contribution < -0.4 is 0 Å². The van der Waals surface area contributed by atoms with Gasteiger partial charge in [0.2, 0.25) is 0 Å². The van der Waals surface area contributed by atoms with Crippen LogP contribution in [0.1, 0.15) is 44.7 Å². The first-order valence-electron chi connectivity index (χ1n) is 10.5. The van der Waals surface area contributed by atoms with Gasteiger partial charge >= 0.3 is 0 Å². The summed E-state index contributed by atoms with van der Waals surface area (Å²) in [5.41, 5.74) is 4.29. The van der Waals surface area contributed by atoms with Gasteiger partial charge in [0.25, 0.3) is 0 Å². The molecule has 3 heterocycles. The molecule has 0 aliphatic carbocycles. The van der Waals surface area contributed by atoms with Crippen LogP contribution in [-0.2, 0) is 13.6 Å². The number of nitrogens with zero attached hydrogens (tertiary/aromatic N) is 6.